The molecule has 42 heavy (non-hydrogen) atoms. The first-order valence-corrected chi connectivity index (χ1v) is 13.4. The summed E-state index contributed by atoms with van der Waals surface area (Å²) in [4.78, 5) is 81.3. The lowest BCUT2D eigenvalue weighted by atomic mass is 9.54. The highest BCUT2D eigenvalue weighted by molar-refractivity contribution is 6.26. The van der Waals surface area contributed by atoms with Crippen LogP contribution in [0.15, 0.2) is 85.0 Å². The summed E-state index contributed by atoms with van der Waals surface area (Å²) in [6.45, 7) is 10.1. The summed E-state index contributed by atoms with van der Waals surface area (Å²) >= 11 is 0. The maximum Gasteiger partial charge on any atom is 0.338 e. The van der Waals surface area contributed by atoms with Crippen molar-refractivity contribution in [3.05, 3.63) is 85.0 Å². The number of nitrogens with zero attached hydrogens (tertiary/aromatic N) is 2. The minimum Gasteiger partial charge on any atom is -0.423 e. The minimum atomic E-state index is -0.824. The lowest BCUT2D eigenvalue weighted by Crippen LogP contribution is -2.50. The van der Waals surface area contributed by atoms with Crippen LogP contribution in [0.1, 0.15) is 13.8 Å². The second-order valence-electron chi connectivity index (χ2n) is 11.0. The molecule has 4 amide bonds. The average Bonchev–Trinajstić information content (AvgIpc) is 3.40. The topological polar surface area (TPSA) is 127 Å². The van der Waals surface area contributed by atoms with Crippen LogP contribution in [0, 0.1) is 35.5 Å². The number of allylic oxidation sites excluding steroid dienone is 2. The Morgan fingerprint density at radius 1 is 0.619 bits per heavy atom. The Hall–Kier alpha value is -5.12. The van der Waals surface area contributed by atoms with Gasteiger partial charge in [-0.1, -0.05) is 37.4 Å². The average molecular weight is 567 g/mol. The standard InChI is InChI=1S/C32H26N2O8/c1-15(2)31(39)41-19-9-5-7-17(13-19)33-27(35)23-21-11-12-22(24(23)28(33)36)26-25(21)29(37)34(30(26)38)18-8-6-10-20(14-18)42-32(40)16(3)4/h5-14,21-26H,1,3H2,2,4H3/t21?,22?,23-,24-,25+,26+. The number of rotatable bonds is 6. The van der Waals surface area contributed by atoms with E-state index >= 15 is 0 Å². The van der Waals surface area contributed by atoms with Crippen molar-refractivity contribution in [3.8, 4) is 11.5 Å². The molecule has 0 aromatic heterocycles. The number of carbonyl (C=O) groups is 6. The van der Waals surface area contributed by atoms with E-state index in [2.05, 4.69) is 13.2 Å². The Morgan fingerprint density at radius 3 is 1.26 bits per heavy atom. The van der Waals surface area contributed by atoms with E-state index in [4.69, 9.17) is 9.47 Å². The third-order valence-corrected chi connectivity index (χ3v) is 8.28. The van der Waals surface area contributed by atoms with Gasteiger partial charge in [0.05, 0.1) is 35.0 Å². The van der Waals surface area contributed by atoms with Crippen LogP contribution >= 0.6 is 0 Å². The van der Waals surface area contributed by atoms with Crippen LogP contribution in [-0.2, 0) is 28.8 Å². The van der Waals surface area contributed by atoms with E-state index in [1.54, 1.807) is 36.4 Å². The summed E-state index contributed by atoms with van der Waals surface area (Å²) in [6, 6.07) is 12.2. The van der Waals surface area contributed by atoms with Gasteiger partial charge in [-0.2, -0.15) is 0 Å². The van der Waals surface area contributed by atoms with Crippen LogP contribution in [-0.4, -0.2) is 35.6 Å². The molecular weight excluding hydrogens is 540 g/mol. The molecule has 2 aromatic rings. The molecule has 0 N–H and O–H groups in total. The first-order chi connectivity index (χ1) is 20.0. The van der Waals surface area contributed by atoms with Crippen LogP contribution in [0.4, 0.5) is 11.4 Å². The van der Waals surface area contributed by atoms with Gasteiger partial charge in [-0.3, -0.25) is 19.2 Å². The molecule has 10 nitrogen and oxygen atoms in total. The minimum absolute atomic E-state index is 0.145. The van der Waals surface area contributed by atoms with Gasteiger partial charge in [0.1, 0.15) is 11.5 Å². The zero-order chi connectivity index (χ0) is 30.0. The Labute approximate surface area is 240 Å². The first-order valence-electron chi connectivity index (χ1n) is 13.4. The summed E-state index contributed by atoms with van der Waals surface area (Å²) in [5, 5.41) is 0. The van der Waals surface area contributed by atoms with Gasteiger partial charge >= 0.3 is 11.9 Å². The van der Waals surface area contributed by atoms with Gasteiger partial charge in [-0.05, 0) is 38.1 Å². The number of ether oxygens (including phenoxy) is 2. The van der Waals surface area contributed by atoms with E-state index in [-0.39, 0.29) is 34.0 Å². The van der Waals surface area contributed by atoms with Crippen LogP contribution in [0.5, 0.6) is 11.5 Å². The van der Waals surface area contributed by atoms with E-state index in [0.29, 0.717) is 0 Å². The highest BCUT2D eigenvalue weighted by Gasteiger charge is 2.68. The molecule has 0 radical (unpaired) electrons. The van der Waals surface area contributed by atoms with Gasteiger partial charge in [0.2, 0.25) is 23.6 Å². The molecule has 3 aliphatic carbocycles. The Bertz CT molecular complexity index is 1510. The third-order valence-electron chi connectivity index (χ3n) is 8.28. The van der Waals surface area contributed by atoms with Crippen LogP contribution < -0.4 is 19.3 Å². The Morgan fingerprint density at radius 2 is 0.952 bits per heavy atom. The van der Waals surface area contributed by atoms with E-state index in [0.717, 1.165) is 9.80 Å². The van der Waals surface area contributed by atoms with Gasteiger partial charge in [0.15, 0.2) is 0 Å². The highest BCUT2D eigenvalue weighted by Crippen LogP contribution is 2.58. The molecular formula is C32H26N2O8. The molecule has 0 spiro atoms. The molecule has 1 saturated carbocycles. The molecule has 212 valence electrons. The summed E-state index contributed by atoms with van der Waals surface area (Å²) in [6.07, 6.45) is 3.54. The summed E-state index contributed by atoms with van der Waals surface area (Å²) < 4.78 is 10.6. The van der Waals surface area contributed by atoms with Crippen LogP contribution in [0.25, 0.3) is 0 Å². The molecule has 2 heterocycles. The number of hydrogen-bond acceptors (Lipinski definition) is 8. The molecule has 2 unspecified atom stereocenters. The smallest absolute Gasteiger partial charge is 0.338 e. The largest absolute Gasteiger partial charge is 0.423 e. The van der Waals surface area contributed by atoms with Crippen molar-refractivity contribution >= 4 is 46.9 Å². The SMILES string of the molecule is C=C(C)C(=O)Oc1cccc(N2C(=O)[C@@H]3C4C=CC([C@H]3C2=O)[C@@H]2C(=O)N(c3cccc(OC(=O)C(=C)C)c3)C(=O)[C@@H]42)c1. The normalized spacial score (nSPS) is 27.2. The van der Waals surface area contributed by atoms with E-state index in [9.17, 15) is 28.8 Å². The quantitative estimate of drug-likeness (QED) is 0.171. The zero-order valence-electron chi connectivity index (χ0n) is 22.8. The van der Waals surface area contributed by atoms with Crippen molar-refractivity contribution in [2.24, 2.45) is 35.5 Å². The molecule has 2 aliphatic heterocycles. The second-order valence-corrected chi connectivity index (χ2v) is 11.0. The molecule has 7 rings (SSSR count). The van der Waals surface area contributed by atoms with E-state index in [1.165, 1.54) is 38.1 Å². The predicted octanol–water partition coefficient (Wildman–Crippen LogP) is 3.38. The number of imide groups is 2. The molecule has 2 aromatic carbocycles. The maximum atomic E-state index is 13.8. The molecule has 2 saturated heterocycles. The van der Waals surface area contributed by atoms with Gasteiger partial charge < -0.3 is 9.47 Å². The van der Waals surface area contributed by atoms with Crippen LogP contribution in [0.3, 0.4) is 0 Å². The van der Waals surface area contributed by atoms with Gasteiger partial charge in [0.25, 0.3) is 0 Å². The third kappa shape index (κ3) is 4.01. The number of hydrogen-bond donors (Lipinski definition) is 0. The van der Waals surface area contributed by atoms with E-state index < -0.39 is 71.1 Å². The molecule has 6 atom stereocenters. The van der Waals surface area contributed by atoms with Crippen molar-refractivity contribution in [1.29, 1.82) is 0 Å². The second kappa shape index (κ2) is 9.76. The van der Waals surface area contributed by atoms with Crippen molar-refractivity contribution < 1.29 is 38.2 Å². The predicted molar refractivity (Wildman–Crippen MR) is 149 cm³/mol. The van der Waals surface area contributed by atoms with Crippen molar-refractivity contribution in [1.82, 2.24) is 0 Å². The van der Waals surface area contributed by atoms with Gasteiger partial charge in [0, 0.05) is 35.1 Å². The van der Waals surface area contributed by atoms with E-state index in [1.807, 2.05) is 0 Å². The van der Waals surface area contributed by atoms with Crippen molar-refractivity contribution in [2.75, 3.05) is 9.80 Å². The molecule has 2 bridgehead atoms. The van der Waals surface area contributed by atoms with Crippen molar-refractivity contribution in [2.45, 2.75) is 13.8 Å². The monoisotopic (exact) mass is 566 g/mol. The number of esters is 2. The maximum absolute atomic E-state index is 13.8. The Balaban J connectivity index is 1.30. The number of carbonyl (C=O) groups excluding carboxylic acids is 6. The van der Waals surface area contributed by atoms with Crippen molar-refractivity contribution in [3.63, 3.8) is 0 Å². The fourth-order valence-corrected chi connectivity index (χ4v) is 6.50. The number of benzene rings is 2. The highest BCUT2D eigenvalue weighted by atomic mass is 16.5. The fraction of sp³-hybridized carbons (Fsp3) is 0.250. The van der Waals surface area contributed by atoms with Crippen LogP contribution in [0.2, 0.25) is 0 Å². The summed E-state index contributed by atoms with van der Waals surface area (Å²) in [7, 11) is 0. The number of amides is 4. The summed E-state index contributed by atoms with van der Waals surface area (Å²) in [5.74, 6) is -7.52. The zero-order valence-corrected chi connectivity index (χ0v) is 22.8. The first kappa shape index (κ1) is 27.1. The van der Waals surface area contributed by atoms with Gasteiger partial charge in [-0.25, -0.2) is 19.4 Å². The Kier molecular flexibility index (Phi) is 6.29. The lowest BCUT2D eigenvalue weighted by Gasteiger charge is -2.44. The van der Waals surface area contributed by atoms with Gasteiger partial charge in [-0.15, -0.1) is 0 Å². The fourth-order valence-electron chi connectivity index (χ4n) is 6.50. The molecule has 5 aliphatic rings. The lowest BCUT2D eigenvalue weighted by molar-refractivity contribution is -0.137. The summed E-state index contributed by atoms with van der Waals surface area (Å²) in [5.41, 5.74) is 0.849. The molecule has 10 heteroatoms. The molecule has 3 fully saturated rings. The number of anilines is 2.